The van der Waals surface area contributed by atoms with Crippen molar-refractivity contribution in [1.82, 2.24) is 0 Å². The van der Waals surface area contributed by atoms with Crippen LogP contribution in [-0.2, 0) is 14.3 Å². The van der Waals surface area contributed by atoms with Crippen LogP contribution in [0.3, 0.4) is 0 Å². The largest absolute Gasteiger partial charge is 0.362 e. The van der Waals surface area contributed by atoms with Crippen LogP contribution in [0.25, 0.3) is 0 Å². The third-order valence-corrected chi connectivity index (χ3v) is 3.66. The van der Waals surface area contributed by atoms with Crippen molar-refractivity contribution in [1.29, 1.82) is 0 Å². The Hall–Kier alpha value is -2.66. The van der Waals surface area contributed by atoms with Gasteiger partial charge in [-0.05, 0) is 42.7 Å². The van der Waals surface area contributed by atoms with Gasteiger partial charge in [0.05, 0.1) is 0 Å². The smallest absolute Gasteiger partial charge is 0.250 e. The molecule has 0 heterocycles. The first-order chi connectivity index (χ1) is 11.9. The van der Waals surface area contributed by atoms with Crippen molar-refractivity contribution < 1.29 is 14.3 Å². The maximum atomic E-state index is 11.8. The van der Waals surface area contributed by atoms with Crippen LogP contribution in [0.5, 0.6) is 0 Å². The van der Waals surface area contributed by atoms with E-state index in [9.17, 15) is 9.59 Å². The highest BCUT2D eigenvalue weighted by Crippen LogP contribution is 2.17. The summed E-state index contributed by atoms with van der Waals surface area (Å²) in [5, 5.41) is 5.46. The Morgan fingerprint density at radius 1 is 0.840 bits per heavy atom. The Labute approximate surface area is 148 Å². The maximum Gasteiger partial charge on any atom is 0.250 e. The molecule has 0 fully saturated rings. The Kier molecular flexibility index (Phi) is 6.71. The molecule has 2 aromatic rings. The number of carbonyl (C=O) groups is 2. The van der Waals surface area contributed by atoms with E-state index >= 15 is 0 Å². The zero-order valence-corrected chi connectivity index (χ0v) is 14.8. The number of anilines is 2. The third-order valence-electron chi connectivity index (χ3n) is 3.66. The van der Waals surface area contributed by atoms with E-state index in [1.54, 1.807) is 0 Å². The first-order valence-corrected chi connectivity index (χ1v) is 8.28. The van der Waals surface area contributed by atoms with E-state index in [1.165, 1.54) is 5.56 Å². The van der Waals surface area contributed by atoms with Crippen molar-refractivity contribution in [3.8, 4) is 0 Å². The van der Waals surface area contributed by atoms with Gasteiger partial charge in [-0.2, -0.15) is 0 Å². The summed E-state index contributed by atoms with van der Waals surface area (Å²) in [6.45, 7) is 5.86. The standard InChI is InChI=1S/C20H24N2O3/c1-14(2)16-6-10-18(11-7-16)22-20(24)13-25-12-19(23)21-17-8-4-15(3)5-9-17/h4-11,14H,12-13H2,1-3H3,(H,21,23)(H,22,24). The second-order valence-corrected chi connectivity index (χ2v) is 6.23. The van der Waals surface area contributed by atoms with E-state index < -0.39 is 0 Å². The molecule has 0 radical (unpaired) electrons. The van der Waals surface area contributed by atoms with Crippen LogP contribution in [-0.4, -0.2) is 25.0 Å². The number of hydrogen-bond donors (Lipinski definition) is 2. The number of benzene rings is 2. The minimum atomic E-state index is -0.294. The van der Waals surface area contributed by atoms with Crippen molar-refractivity contribution >= 4 is 23.2 Å². The van der Waals surface area contributed by atoms with Crippen molar-refractivity contribution in [2.75, 3.05) is 23.8 Å². The molecule has 0 spiro atoms. The highest BCUT2D eigenvalue weighted by molar-refractivity contribution is 5.93. The lowest BCUT2D eigenvalue weighted by Gasteiger charge is -2.09. The van der Waals surface area contributed by atoms with Crippen LogP contribution in [0.15, 0.2) is 48.5 Å². The molecular formula is C20H24N2O3. The topological polar surface area (TPSA) is 67.4 Å². The molecule has 5 nitrogen and oxygen atoms in total. The van der Waals surface area contributed by atoms with Crippen LogP contribution in [0, 0.1) is 6.92 Å². The molecule has 25 heavy (non-hydrogen) atoms. The summed E-state index contributed by atoms with van der Waals surface area (Å²) in [4.78, 5) is 23.6. The molecule has 0 bridgehead atoms. The van der Waals surface area contributed by atoms with Crippen LogP contribution in [0.4, 0.5) is 11.4 Å². The number of carbonyl (C=O) groups excluding carboxylic acids is 2. The molecule has 2 N–H and O–H groups in total. The molecule has 132 valence electrons. The summed E-state index contributed by atoms with van der Waals surface area (Å²) < 4.78 is 5.16. The zero-order valence-electron chi connectivity index (χ0n) is 14.8. The molecule has 2 rings (SSSR count). The molecule has 5 heteroatoms. The van der Waals surface area contributed by atoms with E-state index in [0.717, 1.165) is 5.56 Å². The van der Waals surface area contributed by atoms with Gasteiger partial charge < -0.3 is 15.4 Å². The molecule has 0 unspecified atom stereocenters. The highest BCUT2D eigenvalue weighted by Gasteiger charge is 2.07. The fourth-order valence-electron chi connectivity index (χ4n) is 2.22. The van der Waals surface area contributed by atoms with Crippen LogP contribution >= 0.6 is 0 Å². The molecular weight excluding hydrogens is 316 g/mol. The first-order valence-electron chi connectivity index (χ1n) is 8.28. The normalized spacial score (nSPS) is 10.6. The monoisotopic (exact) mass is 340 g/mol. The Bertz CT molecular complexity index is 707. The van der Waals surface area contributed by atoms with Gasteiger partial charge in [0.25, 0.3) is 0 Å². The molecule has 2 amide bonds. The van der Waals surface area contributed by atoms with Crippen LogP contribution in [0.2, 0.25) is 0 Å². The quantitative estimate of drug-likeness (QED) is 0.807. The minimum Gasteiger partial charge on any atom is -0.362 e. The summed E-state index contributed by atoms with van der Waals surface area (Å²) >= 11 is 0. The molecule has 2 aromatic carbocycles. The van der Waals surface area contributed by atoms with Crippen molar-refractivity contribution in [2.24, 2.45) is 0 Å². The SMILES string of the molecule is Cc1ccc(NC(=O)COCC(=O)Nc2ccc(C(C)C)cc2)cc1. The van der Waals surface area contributed by atoms with Crippen molar-refractivity contribution in [3.05, 3.63) is 59.7 Å². The lowest BCUT2D eigenvalue weighted by molar-refractivity contribution is -0.125. The molecule has 0 atom stereocenters. The molecule has 0 aliphatic carbocycles. The number of rotatable bonds is 7. The fraction of sp³-hybridized carbons (Fsp3) is 0.300. The van der Waals surface area contributed by atoms with E-state index in [2.05, 4.69) is 24.5 Å². The number of nitrogens with one attached hydrogen (secondary N) is 2. The van der Waals surface area contributed by atoms with E-state index in [0.29, 0.717) is 17.3 Å². The van der Waals surface area contributed by atoms with Gasteiger partial charge in [-0.15, -0.1) is 0 Å². The summed E-state index contributed by atoms with van der Waals surface area (Å²) in [5.41, 5.74) is 3.74. The predicted octanol–water partition coefficient (Wildman–Crippen LogP) is 3.71. The number of aryl methyl sites for hydroxylation is 1. The summed E-state index contributed by atoms with van der Waals surface area (Å²) in [5.74, 6) is -0.140. The maximum absolute atomic E-state index is 11.8. The van der Waals surface area contributed by atoms with Gasteiger partial charge in [-0.1, -0.05) is 43.7 Å². The Morgan fingerprint density at radius 3 is 1.72 bits per heavy atom. The average Bonchev–Trinajstić information content (AvgIpc) is 2.57. The number of ether oxygens (including phenoxy) is 1. The van der Waals surface area contributed by atoms with Gasteiger partial charge in [-0.25, -0.2) is 0 Å². The highest BCUT2D eigenvalue weighted by atomic mass is 16.5. The average molecular weight is 340 g/mol. The Balaban J connectivity index is 1.70. The van der Waals surface area contributed by atoms with Crippen molar-refractivity contribution in [2.45, 2.75) is 26.7 Å². The summed E-state index contributed by atoms with van der Waals surface area (Å²) in [6, 6.07) is 15.1. The van der Waals surface area contributed by atoms with Crippen LogP contribution in [0.1, 0.15) is 30.9 Å². The summed E-state index contributed by atoms with van der Waals surface area (Å²) in [6.07, 6.45) is 0. The van der Waals surface area contributed by atoms with Gasteiger partial charge in [0.15, 0.2) is 0 Å². The van der Waals surface area contributed by atoms with Gasteiger partial charge in [0.2, 0.25) is 11.8 Å². The van der Waals surface area contributed by atoms with E-state index in [1.807, 2.05) is 55.5 Å². The summed E-state index contributed by atoms with van der Waals surface area (Å²) in [7, 11) is 0. The molecule has 0 aromatic heterocycles. The fourth-order valence-corrected chi connectivity index (χ4v) is 2.22. The lowest BCUT2D eigenvalue weighted by Crippen LogP contribution is -2.23. The van der Waals surface area contributed by atoms with E-state index in [-0.39, 0.29) is 25.0 Å². The second-order valence-electron chi connectivity index (χ2n) is 6.23. The molecule has 0 saturated carbocycles. The first kappa shape index (κ1) is 18.7. The van der Waals surface area contributed by atoms with Gasteiger partial charge in [-0.3, -0.25) is 9.59 Å². The predicted molar refractivity (Wildman–Crippen MR) is 99.8 cm³/mol. The van der Waals surface area contributed by atoms with Gasteiger partial charge >= 0.3 is 0 Å². The zero-order chi connectivity index (χ0) is 18.2. The van der Waals surface area contributed by atoms with Crippen LogP contribution < -0.4 is 10.6 Å². The molecule has 0 aliphatic rings. The molecule has 0 saturated heterocycles. The minimum absolute atomic E-state index is 0.173. The third kappa shape index (κ3) is 6.39. The number of hydrogen-bond acceptors (Lipinski definition) is 3. The Morgan fingerprint density at radius 2 is 1.28 bits per heavy atom. The van der Waals surface area contributed by atoms with Crippen molar-refractivity contribution in [3.63, 3.8) is 0 Å². The molecule has 0 aliphatic heterocycles. The van der Waals surface area contributed by atoms with Gasteiger partial charge in [0.1, 0.15) is 13.2 Å². The van der Waals surface area contributed by atoms with E-state index in [4.69, 9.17) is 4.74 Å². The lowest BCUT2D eigenvalue weighted by atomic mass is 10.0. The number of amides is 2. The second kappa shape index (κ2) is 8.99. The van der Waals surface area contributed by atoms with Gasteiger partial charge in [0, 0.05) is 11.4 Å².